The Kier molecular flexibility index (Phi) is 8.40. The van der Waals surface area contributed by atoms with Crippen LogP contribution >= 0.6 is 0 Å². The number of carbonyl (C=O) groups excluding carboxylic acids is 1. The third kappa shape index (κ3) is 6.69. The molecule has 0 amide bonds. The van der Waals surface area contributed by atoms with E-state index in [0.29, 0.717) is 6.61 Å². The van der Waals surface area contributed by atoms with Crippen molar-refractivity contribution < 1.29 is 19.1 Å². The van der Waals surface area contributed by atoms with Gasteiger partial charge >= 0.3 is 5.97 Å². The largest absolute Gasteiger partial charge is 0.466 e. The van der Waals surface area contributed by atoms with Gasteiger partial charge in [-0.3, -0.25) is 4.79 Å². The highest BCUT2D eigenvalue weighted by molar-refractivity contribution is 6.74. The minimum absolute atomic E-state index is 0.0829. The second kappa shape index (κ2) is 8.63. The van der Waals surface area contributed by atoms with Gasteiger partial charge in [0.05, 0.1) is 18.8 Å². The topological polar surface area (TPSA) is 55.8 Å². The molecule has 0 unspecified atom stereocenters. The smallest absolute Gasteiger partial charge is 0.302 e. The number of hydrogen-bond donors (Lipinski definition) is 1. The quantitative estimate of drug-likeness (QED) is 0.373. The van der Waals surface area contributed by atoms with Crippen molar-refractivity contribution in [3.63, 3.8) is 0 Å². The zero-order valence-corrected chi connectivity index (χ0v) is 18.1. The van der Waals surface area contributed by atoms with Crippen molar-refractivity contribution in [3.8, 4) is 0 Å². The lowest BCUT2D eigenvalue weighted by atomic mass is 9.77. The van der Waals surface area contributed by atoms with E-state index in [9.17, 15) is 9.90 Å². The second-order valence-corrected chi connectivity index (χ2v) is 13.8. The highest BCUT2D eigenvalue weighted by atomic mass is 28.4. The Bertz CT molecular complexity index is 424. The molecule has 0 fully saturated rings. The van der Waals surface area contributed by atoms with Gasteiger partial charge < -0.3 is 14.3 Å². The zero-order chi connectivity index (χ0) is 19.3. The number of hydrogen-bond acceptors (Lipinski definition) is 4. The van der Waals surface area contributed by atoms with Gasteiger partial charge in [0, 0.05) is 12.3 Å². The molecule has 0 spiro atoms. The predicted molar refractivity (Wildman–Crippen MR) is 102 cm³/mol. The monoisotopic (exact) mass is 358 g/mol. The average Bonchev–Trinajstić information content (AvgIpc) is 2.41. The fourth-order valence-corrected chi connectivity index (χ4v) is 3.69. The lowest BCUT2D eigenvalue weighted by Crippen LogP contribution is -2.51. The number of aliphatic hydroxyl groups excluding tert-OH is 1. The van der Waals surface area contributed by atoms with Crippen molar-refractivity contribution in [3.05, 3.63) is 12.7 Å². The molecule has 24 heavy (non-hydrogen) atoms. The fraction of sp³-hybridized carbons (Fsp3) is 0.842. The highest BCUT2D eigenvalue weighted by Gasteiger charge is 2.44. The molecule has 0 bridgehead atoms. The van der Waals surface area contributed by atoms with Crippen molar-refractivity contribution in [1.82, 2.24) is 0 Å². The molecule has 0 aromatic carbocycles. The van der Waals surface area contributed by atoms with Gasteiger partial charge in [-0.15, -0.1) is 6.58 Å². The van der Waals surface area contributed by atoms with Crippen molar-refractivity contribution in [1.29, 1.82) is 0 Å². The van der Waals surface area contributed by atoms with E-state index in [1.54, 1.807) is 6.08 Å². The molecule has 0 aliphatic carbocycles. The molecule has 0 aromatic rings. The molecule has 4 nitrogen and oxygen atoms in total. The summed E-state index contributed by atoms with van der Waals surface area (Å²) in [6.45, 7) is 22.6. The first kappa shape index (κ1) is 23.3. The van der Waals surface area contributed by atoms with Crippen LogP contribution in [0.15, 0.2) is 12.7 Å². The molecule has 0 radical (unpaired) electrons. The molecule has 0 heterocycles. The van der Waals surface area contributed by atoms with Crippen LogP contribution in [0.2, 0.25) is 18.1 Å². The van der Waals surface area contributed by atoms with Crippen LogP contribution in [0.1, 0.15) is 54.9 Å². The van der Waals surface area contributed by atoms with E-state index in [2.05, 4.69) is 40.4 Å². The zero-order valence-electron chi connectivity index (χ0n) is 17.1. The minimum atomic E-state index is -2.00. The summed E-state index contributed by atoms with van der Waals surface area (Å²) in [5.74, 6) is -0.117. The van der Waals surface area contributed by atoms with Crippen LogP contribution in [-0.4, -0.2) is 38.2 Å². The summed E-state index contributed by atoms with van der Waals surface area (Å²) in [6.07, 6.45) is 1.49. The molecule has 3 atom stereocenters. The maximum Gasteiger partial charge on any atom is 0.302 e. The van der Waals surface area contributed by atoms with Crippen molar-refractivity contribution >= 4 is 14.3 Å². The van der Waals surface area contributed by atoms with Crippen LogP contribution in [0.25, 0.3) is 0 Å². The number of rotatable bonds is 9. The molecule has 0 rings (SSSR count). The third-order valence-electron chi connectivity index (χ3n) is 5.25. The van der Waals surface area contributed by atoms with E-state index in [1.807, 2.05) is 20.8 Å². The summed E-state index contributed by atoms with van der Waals surface area (Å²) in [5, 5.41) is 10.5. The van der Waals surface area contributed by atoms with Gasteiger partial charge in [0.2, 0.25) is 0 Å². The summed E-state index contributed by atoms with van der Waals surface area (Å²) in [4.78, 5) is 11.0. The molecule has 0 saturated heterocycles. The van der Waals surface area contributed by atoms with Crippen LogP contribution in [0.5, 0.6) is 0 Å². The first-order chi connectivity index (χ1) is 10.6. The van der Waals surface area contributed by atoms with Gasteiger partial charge in [0.25, 0.3) is 0 Å². The Hall–Kier alpha value is -0.653. The number of aliphatic hydroxyl groups is 1. The SMILES string of the molecule is C=C[C@@H](O)C(C)(C)[C@@H](C[C@@H](C)COC(C)=O)O[Si](C)(C)C(C)(C)C. The number of esters is 1. The van der Waals surface area contributed by atoms with Crippen LogP contribution in [0, 0.1) is 11.3 Å². The highest BCUT2D eigenvalue weighted by Crippen LogP contribution is 2.42. The Morgan fingerprint density at radius 3 is 2.12 bits per heavy atom. The van der Waals surface area contributed by atoms with E-state index in [-0.39, 0.29) is 23.0 Å². The summed E-state index contributed by atoms with van der Waals surface area (Å²) in [5.41, 5.74) is -0.470. The van der Waals surface area contributed by atoms with Gasteiger partial charge in [0.1, 0.15) is 0 Å². The van der Waals surface area contributed by atoms with Gasteiger partial charge in [0.15, 0.2) is 8.32 Å². The summed E-state index contributed by atoms with van der Waals surface area (Å²) >= 11 is 0. The average molecular weight is 359 g/mol. The summed E-state index contributed by atoms with van der Waals surface area (Å²) in [7, 11) is -2.00. The predicted octanol–water partition coefficient (Wildman–Crippen LogP) is 4.54. The van der Waals surface area contributed by atoms with Gasteiger partial charge in [-0.05, 0) is 30.5 Å². The van der Waals surface area contributed by atoms with Gasteiger partial charge in [-0.25, -0.2) is 0 Å². The molecule has 0 saturated carbocycles. The maximum absolute atomic E-state index is 11.0. The van der Waals surface area contributed by atoms with Gasteiger partial charge in [-0.1, -0.05) is 47.6 Å². The van der Waals surface area contributed by atoms with Crippen LogP contribution in [-0.2, 0) is 14.0 Å². The van der Waals surface area contributed by atoms with Crippen molar-refractivity contribution in [2.45, 2.75) is 85.2 Å². The molecular formula is C19H38O4Si. The van der Waals surface area contributed by atoms with E-state index in [4.69, 9.17) is 9.16 Å². The van der Waals surface area contributed by atoms with E-state index < -0.39 is 19.8 Å². The van der Waals surface area contributed by atoms with Gasteiger partial charge in [-0.2, -0.15) is 0 Å². The lowest BCUT2D eigenvalue weighted by Gasteiger charge is -2.46. The number of carbonyl (C=O) groups is 1. The van der Waals surface area contributed by atoms with Crippen LogP contribution in [0.4, 0.5) is 0 Å². The number of ether oxygens (including phenoxy) is 1. The Labute approximate surface area is 149 Å². The Morgan fingerprint density at radius 2 is 1.75 bits per heavy atom. The molecule has 142 valence electrons. The molecule has 0 aliphatic heterocycles. The van der Waals surface area contributed by atoms with Crippen molar-refractivity contribution in [2.24, 2.45) is 11.3 Å². The van der Waals surface area contributed by atoms with Crippen molar-refractivity contribution in [2.75, 3.05) is 6.61 Å². The first-order valence-corrected chi connectivity index (χ1v) is 11.7. The molecular weight excluding hydrogens is 320 g/mol. The Balaban J connectivity index is 5.38. The van der Waals surface area contributed by atoms with E-state index >= 15 is 0 Å². The third-order valence-corrected chi connectivity index (χ3v) is 9.73. The Morgan fingerprint density at radius 1 is 1.25 bits per heavy atom. The van der Waals surface area contributed by atoms with Crippen LogP contribution < -0.4 is 0 Å². The van der Waals surface area contributed by atoms with Crippen LogP contribution in [0.3, 0.4) is 0 Å². The summed E-state index contributed by atoms with van der Waals surface area (Å²) in [6, 6.07) is 0. The minimum Gasteiger partial charge on any atom is -0.466 e. The molecule has 5 heteroatoms. The standard InChI is InChI=1S/C19H38O4Si/c1-11-16(21)19(7,8)17(12-14(2)13-22-15(3)20)23-24(9,10)18(4,5)6/h11,14,16-17,21H,1,12-13H2,2-10H3/t14-,16-,17-/m1/s1. The molecule has 1 N–H and O–H groups in total. The van der Waals surface area contributed by atoms with E-state index in [1.165, 1.54) is 6.92 Å². The normalized spacial score (nSPS) is 17.1. The molecule has 0 aromatic heterocycles. The summed E-state index contributed by atoms with van der Waals surface area (Å²) < 4.78 is 11.8. The molecule has 0 aliphatic rings. The second-order valence-electron chi connectivity index (χ2n) is 9.01. The van der Waals surface area contributed by atoms with E-state index in [0.717, 1.165) is 6.42 Å². The maximum atomic E-state index is 11.0. The first-order valence-electron chi connectivity index (χ1n) is 8.77. The fourth-order valence-electron chi connectivity index (χ4n) is 2.22. The lowest BCUT2D eigenvalue weighted by molar-refractivity contribution is -0.142.